The van der Waals surface area contributed by atoms with Crippen LogP contribution >= 0.6 is 0 Å². The number of hydrogen-bond donors (Lipinski definition) is 0. The second-order valence-corrected chi connectivity index (χ2v) is 9.69. The van der Waals surface area contributed by atoms with E-state index in [9.17, 15) is 0 Å². The van der Waals surface area contributed by atoms with Gasteiger partial charge in [0.05, 0.1) is 0 Å². The van der Waals surface area contributed by atoms with Gasteiger partial charge in [-0.25, -0.2) is 0 Å². The fraction of sp³-hybridized carbons (Fsp3) is 0.176. The van der Waals surface area contributed by atoms with Gasteiger partial charge in [0.1, 0.15) is 8.07 Å². The van der Waals surface area contributed by atoms with E-state index in [0.717, 1.165) is 0 Å². The molecule has 0 unspecified atom stereocenters. The monoisotopic (exact) mass is 252 g/mol. The lowest BCUT2D eigenvalue weighted by atomic mass is 10.2. The highest BCUT2D eigenvalue weighted by Crippen LogP contribution is 2.10. The van der Waals surface area contributed by atoms with E-state index in [2.05, 4.69) is 86.4 Å². The summed E-state index contributed by atoms with van der Waals surface area (Å²) in [5.74, 6) is 0. The fourth-order valence-corrected chi connectivity index (χ4v) is 3.80. The molecule has 0 spiro atoms. The van der Waals surface area contributed by atoms with Crippen LogP contribution in [0, 0.1) is 6.92 Å². The first kappa shape index (κ1) is 12.8. The van der Waals surface area contributed by atoms with Crippen molar-refractivity contribution in [2.45, 2.75) is 20.0 Å². The summed E-state index contributed by atoms with van der Waals surface area (Å²) in [6.07, 6.45) is 2.26. The van der Waals surface area contributed by atoms with Crippen LogP contribution in [-0.4, -0.2) is 8.07 Å². The van der Waals surface area contributed by atoms with Gasteiger partial charge in [-0.3, -0.25) is 0 Å². The molecule has 0 bridgehead atoms. The normalized spacial score (nSPS) is 11.9. The number of rotatable bonds is 3. The third kappa shape index (κ3) is 3.20. The highest BCUT2D eigenvalue weighted by Gasteiger charge is 2.18. The van der Waals surface area contributed by atoms with E-state index < -0.39 is 8.07 Å². The van der Waals surface area contributed by atoms with Crippen molar-refractivity contribution in [2.24, 2.45) is 0 Å². The van der Waals surface area contributed by atoms with Gasteiger partial charge >= 0.3 is 0 Å². The maximum Gasteiger partial charge on any atom is 0.104 e. The van der Waals surface area contributed by atoms with Crippen LogP contribution < -0.4 is 5.19 Å². The lowest BCUT2D eigenvalue weighted by Gasteiger charge is -2.18. The fourth-order valence-electron chi connectivity index (χ4n) is 1.95. The highest BCUT2D eigenvalue weighted by atomic mass is 28.3. The van der Waals surface area contributed by atoms with Crippen molar-refractivity contribution in [3.63, 3.8) is 0 Å². The molecule has 18 heavy (non-hydrogen) atoms. The maximum absolute atomic E-state index is 2.41. The molecule has 0 aliphatic carbocycles. The molecule has 0 saturated carbocycles. The molecule has 92 valence electrons. The molecular formula is C17H20Si. The Labute approximate surface area is 111 Å². The van der Waals surface area contributed by atoms with E-state index in [1.165, 1.54) is 16.3 Å². The van der Waals surface area contributed by atoms with Crippen LogP contribution in [0.3, 0.4) is 0 Å². The number of aryl methyl sites for hydroxylation is 1. The average Bonchev–Trinajstić information content (AvgIpc) is 2.39. The summed E-state index contributed by atoms with van der Waals surface area (Å²) in [6.45, 7) is 6.89. The van der Waals surface area contributed by atoms with Crippen LogP contribution in [0.2, 0.25) is 13.1 Å². The minimum atomic E-state index is -1.46. The lowest BCUT2D eigenvalue weighted by Crippen LogP contribution is -2.39. The van der Waals surface area contributed by atoms with E-state index >= 15 is 0 Å². The van der Waals surface area contributed by atoms with E-state index in [-0.39, 0.29) is 0 Å². The first-order chi connectivity index (χ1) is 8.58. The molecule has 0 saturated heterocycles. The average molecular weight is 252 g/mol. The van der Waals surface area contributed by atoms with E-state index in [1.807, 2.05) is 0 Å². The van der Waals surface area contributed by atoms with Crippen LogP contribution in [0.5, 0.6) is 0 Å². The third-order valence-electron chi connectivity index (χ3n) is 3.29. The Balaban J connectivity index is 2.20. The molecule has 0 aliphatic rings. The van der Waals surface area contributed by atoms with Crippen LogP contribution in [0.4, 0.5) is 0 Å². The van der Waals surface area contributed by atoms with Crippen LogP contribution in [0.15, 0.2) is 60.3 Å². The van der Waals surface area contributed by atoms with Gasteiger partial charge in [-0.2, -0.15) is 0 Å². The van der Waals surface area contributed by atoms with E-state index in [0.29, 0.717) is 0 Å². The third-order valence-corrected chi connectivity index (χ3v) is 6.11. The van der Waals surface area contributed by atoms with Crippen LogP contribution in [0.1, 0.15) is 11.1 Å². The second kappa shape index (κ2) is 5.36. The Morgan fingerprint density at radius 3 is 2.06 bits per heavy atom. The predicted octanol–water partition coefficient (Wildman–Crippen LogP) is 4.16. The Kier molecular flexibility index (Phi) is 3.83. The zero-order valence-corrected chi connectivity index (χ0v) is 12.4. The van der Waals surface area contributed by atoms with Gasteiger partial charge in [0.2, 0.25) is 0 Å². The van der Waals surface area contributed by atoms with Crippen molar-refractivity contribution in [2.75, 3.05) is 0 Å². The van der Waals surface area contributed by atoms with Gasteiger partial charge in [-0.15, -0.1) is 0 Å². The molecule has 0 radical (unpaired) electrons. The van der Waals surface area contributed by atoms with E-state index in [4.69, 9.17) is 0 Å². The second-order valence-electron chi connectivity index (χ2n) is 5.33. The number of hydrogen-bond acceptors (Lipinski definition) is 0. The van der Waals surface area contributed by atoms with Gasteiger partial charge < -0.3 is 0 Å². The van der Waals surface area contributed by atoms with Crippen molar-refractivity contribution in [3.05, 3.63) is 71.4 Å². The Morgan fingerprint density at radius 2 is 1.44 bits per heavy atom. The molecule has 1 heteroatoms. The van der Waals surface area contributed by atoms with Crippen molar-refractivity contribution < 1.29 is 0 Å². The molecule has 2 aromatic rings. The highest BCUT2D eigenvalue weighted by molar-refractivity contribution is 6.94. The van der Waals surface area contributed by atoms with Crippen molar-refractivity contribution in [1.29, 1.82) is 0 Å². The molecule has 0 heterocycles. The Bertz CT molecular complexity index is 521. The lowest BCUT2D eigenvalue weighted by molar-refractivity contribution is 1.46. The maximum atomic E-state index is 2.41. The van der Waals surface area contributed by atoms with Gasteiger partial charge in [-0.1, -0.05) is 90.2 Å². The topological polar surface area (TPSA) is 0 Å². The summed E-state index contributed by atoms with van der Waals surface area (Å²) in [7, 11) is -1.46. The smallest absolute Gasteiger partial charge is 0.0897 e. The molecule has 0 nitrogen and oxygen atoms in total. The quantitative estimate of drug-likeness (QED) is 0.719. The molecule has 0 amide bonds. The molecule has 0 fully saturated rings. The van der Waals surface area contributed by atoms with Crippen molar-refractivity contribution in [3.8, 4) is 0 Å². The SMILES string of the molecule is Cc1ccc(/C=C/[Si](C)(C)c2ccccc2)cc1. The largest absolute Gasteiger partial charge is 0.104 e. The molecule has 0 aromatic heterocycles. The zero-order chi connectivity index (χ0) is 13.0. The summed E-state index contributed by atoms with van der Waals surface area (Å²) in [6, 6.07) is 19.5. The molecule has 2 aromatic carbocycles. The molecular weight excluding hydrogens is 232 g/mol. The van der Waals surface area contributed by atoms with Crippen molar-refractivity contribution >= 4 is 19.3 Å². The molecule has 0 atom stereocenters. The minimum Gasteiger partial charge on any atom is -0.0897 e. The minimum absolute atomic E-state index is 1.29. The molecule has 0 aliphatic heterocycles. The van der Waals surface area contributed by atoms with E-state index in [1.54, 1.807) is 0 Å². The van der Waals surface area contributed by atoms with Gasteiger partial charge in [0.15, 0.2) is 0 Å². The standard InChI is InChI=1S/C17H20Si/c1-15-9-11-16(12-10-15)13-14-18(2,3)17-7-5-4-6-8-17/h4-14H,1-3H3/b14-13+. The van der Waals surface area contributed by atoms with Gasteiger partial charge in [0, 0.05) is 0 Å². The Hall–Kier alpha value is -1.60. The predicted molar refractivity (Wildman–Crippen MR) is 83.8 cm³/mol. The molecule has 0 N–H and O–H groups in total. The van der Waals surface area contributed by atoms with Crippen LogP contribution in [0.25, 0.3) is 6.08 Å². The summed E-state index contributed by atoms with van der Waals surface area (Å²) in [5.41, 5.74) is 5.01. The van der Waals surface area contributed by atoms with Crippen molar-refractivity contribution in [1.82, 2.24) is 0 Å². The molecule has 2 rings (SSSR count). The van der Waals surface area contributed by atoms with Crippen LogP contribution in [-0.2, 0) is 0 Å². The summed E-state index contributed by atoms with van der Waals surface area (Å²) >= 11 is 0. The zero-order valence-electron chi connectivity index (χ0n) is 11.4. The van der Waals surface area contributed by atoms with Gasteiger partial charge in [0.25, 0.3) is 0 Å². The first-order valence-corrected chi connectivity index (χ1v) is 9.47. The summed E-state index contributed by atoms with van der Waals surface area (Å²) in [4.78, 5) is 0. The Morgan fingerprint density at radius 1 is 0.833 bits per heavy atom. The number of benzene rings is 2. The first-order valence-electron chi connectivity index (χ1n) is 6.39. The summed E-state index contributed by atoms with van der Waals surface area (Å²) in [5, 5.41) is 1.48. The summed E-state index contributed by atoms with van der Waals surface area (Å²) < 4.78 is 0. The van der Waals surface area contributed by atoms with Gasteiger partial charge in [-0.05, 0) is 12.5 Å².